The van der Waals surface area contributed by atoms with Gasteiger partial charge in [0.2, 0.25) is 5.91 Å². The van der Waals surface area contributed by atoms with E-state index in [1.807, 2.05) is 0 Å². The van der Waals surface area contributed by atoms with Gasteiger partial charge >= 0.3 is 5.97 Å². The Morgan fingerprint density at radius 3 is 2.50 bits per heavy atom. The monoisotopic (exact) mass is 255 g/mol. The highest BCUT2D eigenvalue weighted by Crippen LogP contribution is 2.22. The van der Waals surface area contributed by atoms with Crippen molar-refractivity contribution in [3.63, 3.8) is 0 Å². The van der Waals surface area contributed by atoms with Gasteiger partial charge < -0.3 is 9.64 Å². The molecule has 1 heterocycles. The number of carbonyl (C=O) groups is 3. The summed E-state index contributed by atoms with van der Waals surface area (Å²) in [4.78, 5) is 36.0. The van der Waals surface area contributed by atoms with Crippen LogP contribution in [0.15, 0.2) is 0 Å². The van der Waals surface area contributed by atoms with Gasteiger partial charge in [0.1, 0.15) is 11.4 Å². The van der Waals surface area contributed by atoms with Crippen molar-refractivity contribution in [1.29, 1.82) is 0 Å². The number of esters is 1. The molecule has 0 aromatic rings. The number of rotatable bonds is 4. The fourth-order valence-corrected chi connectivity index (χ4v) is 2.00. The molecule has 0 aromatic carbocycles. The third-order valence-corrected chi connectivity index (χ3v) is 2.66. The minimum atomic E-state index is -0.530. The average molecular weight is 255 g/mol. The standard InChI is InChI=1S/C13H21NO4/c1-9(15)8-14-6-5-10(12(14)17)7-11(16)18-13(2,3)4/h10H,5-8H2,1-4H3/t10-/m1/s1. The third-order valence-electron chi connectivity index (χ3n) is 2.66. The number of carbonyl (C=O) groups excluding carboxylic acids is 3. The third kappa shape index (κ3) is 4.47. The minimum absolute atomic E-state index is 0.0405. The van der Waals surface area contributed by atoms with E-state index in [-0.39, 0.29) is 36.5 Å². The smallest absolute Gasteiger partial charge is 0.307 e. The van der Waals surface area contributed by atoms with E-state index in [0.717, 1.165) is 0 Å². The topological polar surface area (TPSA) is 63.7 Å². The van der Waals surface area contributed by atoms with Gasteiger partial charge in [-0.05, 0) is 34.1 Å². The molecular formula is C13H21NO4. The normalized spacial score (nSPS) is 20.1. The van der Waals surface area contributed by atoms with Crippen LogP contribution in [0.4, 0.5) is 0 Å². The van der Waals surface area contributed by atoms with E-state index in [1.54, 1.807) is 20.8 Å². The second-order valence-electron chi connectivity index (χ2n) is 5.74. The fraction of sp³-hybridized carbons (Fsp3) is 0.769. The fourth-order valence-electron chi connectivity index (χ4n) is 2.00. The molecule has 0 bridgehead atoms. The number of Topliss-reactive ketones (excluding diaryl/α,β-unsaturated/α-hetero) is 1. The number of amides is 1. The Labute approximate surface area is 107 Å². The van der Waals surface area contributed by atoms with E-state index in [2.05, 4.69) is 0 Å². The second-order valence-corrected chi connectivity index (χ2v) is 5.74. The van der Waals surface area contributed by atoms with Crippen molar-refractivity contribution in [2.75, 3.05) is 13.1 Å². The van der Waals surface area contributed by atoms with E-state index in [9.17, 15) is 14.4 Å². The molecule has 5 nitrogen and oxygen atoms in total. The van der Waals surface area contributed by atoms with E-state index >= 15 is 0 Å². The summed E-state index contributed by atoms with van der Waals surface area (Å²) in [6.45, 7) is 7.53. The van der Waals surface area contributed by atoms with Crippen LogP contribution in [0.25, 0.3) is 0 Å². The Kier molecular flexibility index (Phi) is 4.48. The summed E-state index contributed by atoms with van der Waals surface area (Å²) in [7, 11) is 0. The Bertz CT molecular complexity index is 356. The lowest BCUT2D eigenvalue weighted by molar-refractivity contribution is -0.157. The first-order valence-corrected chi connectivity index (χ1v) is 6.19. The van der Waals surface area contributed by atoms with Gasteiger partial charge in [-0.15, -0.1) is 0 Å². The first kappa shape index (κ1) is 14.7. The highest BCUT2D eigenvalue weighted by molar-refractivity contribution is 5.89. The molecule has 5 heteroatoms. The minimum Gasteiger partial charge on any atom is -0.460 e. The molecule has 0 spiro atoms. The van der Waals surface area contributed by atoms with Crippen molar-refractivity contribution in [3.8, 4) is 0 Å². The number of nitrogens with zero attached hydrogens (tertiary/aromatic N) is 1. The molecule has 1 amide bonds. The van der Waals surface area contributed by atoms with Crippen molar-refractivity contribution < 1.29 is 19.1 Å². The molecule has 1 atom stereocenters. The maximum Gasteiger partial charge on any atom is 0.307 e. The molecule has 0 radical (unpaired) electrons. The molecule has 1 rings (SSSR count). The summed E-state index contributed by atoms with van der Waals surface area (Å²) in [5.74, 6) is -0.845. The highest BCUT2D eigenvalue weighted by Gasteiger charge is 2.34. The molecule has 0 aromatic heterocycles. The molecule has 18 heavy (non-hydrogen) atoms. The molecular weight excluding hydrogens is 234 g/mol. The van der Waals surface area contributed by atoms with Crippen LogP contribution in [0.2, 0.25) is 0 Å². The van der Waals surface area contributed by atoms with Crippen LogP contribution in [0, 0.1) is 5.92 Å². The summed E-state index contributed by atoms with van der Waals surface area (Å²) in [5, 5.41) is 0. The zero-order valence-corrected chi connectivity index (χ0v) is 11.5. The van der Waals surface area contributed by atoms with Gasteiger partial charge in [0.15, 0.2) is 0 Å². The summed E-state index contributed by atoms with van der Waals surface area (Å²) in [5.41, 5.74) is -0.530. The van der Waals surface area contributed by atoms with Gasteiger partial charge in [0.05, 0.1) is 18.9 Å². The second kappa shape index (κ2) is 5.50. The van der Waals surface area contributed by atoms with Crippen LogP contribution in [0.3, 0.4) is 0 Å². The van der Waals surface area contributed by atoms with E-state index in [4.69, 9.17) is 4.74 Å². The van der Waals surface area contributed by atoms with Gasteiger partial charge in [-0.25, -0.2) is 0 Å². The molecule has 1 aliphatic heterocycles. The maximum absolute atomic E-state index is 11.9. The molecule has 1 fully saturated rings. The largest absolute Gasteiger partial charge is 0.460 e. The number of ketones is 1. The summed E-state index contributed by atoms with van der Waals surface area (Å²) in [6.07, 6.45) is 0.718. The Morgan fingerprint density at radius 2 is 2.00 bits per heavy atom. The van der Waals surface area contributed by atoms with Crippen molar-refractivity contribution in [1.82, 2.24) is 4.90 Å². The van der Waals surface area contributed by atoms with E-state index in [0.29, 0.717) is 13.0 Å². The molecule has 0 saturated carbocycles. The molecule has 102 valence electrons. The first-order chi connectivity index (χ1) is 8.19. The summed E-state index contributed by atoms with van der Waals surface area (Å²) in [6, 6.07) is 0. The zero-order valence-electron chi connectivity index (χ0n) is 11.5. The van der Waals surface area contributed by atoms with Crippen LogP contribution in [0.1, 0.15) is 40.5 Å². The first-order valence-electron chi connectivity index (χ1n) is 6.19. The number of likely N-dealkylation sites (tertiary alicyclic amines) is 1. The van der Waals surface area contributed by atoms with Crippen LogP contribution in [-0.2, 0) is 19.1 Å². The number of hydrogen-bond acceptors (Lipinski definition) is 4. The van der Waals surface area contributed by atoms with Crippen molar-refractivity contribution in [3.05, 3.63) is 0 Å². The maximum atomic E-state index is 11.9. The van der Waals surface area contributed by atoms with Crippen LogP contribution in [-0.4, -0.2) is 41.3 Å². The van der Waals surface area contributed by atoms with E-state index < -0.39 is 5.60 Å². The predicted molar refractivity (Wildman–Crippen MR) is 65.8 cm³/mol. The van der Waals surface area contributed by atoms with Gasteiger partial charge in [0, 0.05) is 6.54 Å². The summed E-state index contributed by atoms with van der Waals surface area (Å²) >= 11 is 0. The Hall–Kier alpha value is -1.39. The van der Waals surface area contributed by atoms with Crippen LogP contribution < -0.4 is 0 Å². The zero-order chi connectivity index (χ0) is 13.9. The number of ether oxygens (including phenoxy) is 1. The predicted octanol–water partition coefficient (Wildman–Crippen LogP) is 1.16. The molecule has 1 aliphatic rings. The lowest BCUT2D eigenvalue weighted by Crippen LogP contribution is -2.33. The summed E-state index contributed by atoms with van der Waals surface area (Å²) < 4.78 is 5.19. The SMILES string of the molecule is CC(=O)CN1CC[C@H](CC(=O)OC(C)(C)C)C1=O. The van der Waals surface area contributed by atoms with E-state index in [1.165, 1.54) is 11.8 Å². The Morgan fingerprint density at radius 1 is 1.39 bits per heavy atom. The average Bonchev–Trinajstić information content (AvgIpc) is 2.46. The van der Waals surface area contributed by atoms with Crippen molar-refractivity contribution >= 4 is 17.7 Å². The highest BCUT2D eigenvalue weighted by atomic mass is 16.6. The van der Waals surface area contributed by atoms with Crippen molar-refractivity contribution in [2.24, 2.45) is 5.92 Å². The number of hydrogen-bond donors (Lipinski definition) is 0. The van der Waals surface area contributed by atoms with Gasteiger partial charge in [0.25, 0.3) is 0 Å². The van der Waals surface area contributed by atoms with Gasteiger partial charge in [-0.1, -0.05) is 0 Å². The Balaban J connectivity index is 2.48. The molecule has 0 unspecified atom stereocenters. The quantitative estimate of drug-likeness (QED) is 0.707. The lowest BCUT2D eigenvalue weighted by Gasteiger charge is -2.20. The van der Waals surface area contributed by atoms with Crippen molar-refractivity contribution in [2.45, 2.75) is 46.1 Å². The van der Waals surface area contributed by atoms with Gasteiger partial charge in [-0.2, -0.15) is 0 Å². The molecule has 0 aliphatic carbocycles. The lowest BCUT2D eigenvalue weighted by atomic mass is 10.0. The molecule has 0 N–H and O–H groups in total. The molecule has 1 saturated heterocycles. The van der Waals surface area contributed by atoms with Crippen LogP contribution in [0.5, 0.6) is 0 Å². The van der Waals surface area contributed by atoms with Gasteiger partial charge in [-0.3, -0.25) is 14.4 Å². The van der Waals surface area contributed by atoms with Crippen LogP contribution >= 0.6 is 0 Å².